The molecule has 0 atom stereocenters. The highest BCUT2D eigenvalue weighted by Crippen LogP contribution is 2.37. The fraction of sp³-hybridized carbons (Fsp3) is 0.296. The van der Waals surface area contributed by atoms with Crippen LogP contribution in [0, 0.1) is 11.3 Å². The maximum Gasteiger partial charge on any atom is 0.416 e. The number of nitriles is 1. The van der Waals surface area contributed by atoms with Crippen molar-refractivity contribution in [2.45, 2.75) is 39.1 Å². The second-order valence-corrected chi connectivity index (χ2v) is 10.0. The van der Waals surface area contributed by atoms with Crippen molar-refractivity contribution >= 4 is 29.1 Å². The first-order chi connectivity index (χ1) is 17.3. The molecule has 37 heavy (non-hydrogen) atoms. The summed E-state index contributed by atoms with van der Waals surface area (Å²) in [5, 5.41) is 9.45. The van der Waals surface area contributed by atoms with E-state index in [4.69, 9.17) is 16.3 Å². The van der Waals surface area contributed by atoms with Crippen LogP contribution in [-0.2, 0) is 17.5 Å². The Balaban J connectivity index is 1.77. The van der Waals surface area contributed by atoms with Gasteiger partial charge in [0.1, 0.15) is 22.5 Å². The number of carbonyl (C=O) groups is 1. The van der Waals surface area contributed by atoms with E-state index in [-0.39, 0.29) is 17.4 Å². The van der Waals surface area contributed by atoms with E-state index in [2.05, 4.69) is 4.98 Å². The van der Waals surface area contributed by atoms with Gasteiger partial charge >= 0.3 is 12.3 Å². The quantitative estimate of drug-likeness (QED) is 0.329. The second kappa shape index (κ2) is 9.94. The molecular formula is C27H24ClF3N4O2. The maximum absolute atomic E-state index is 13.1. The van der Waals surface area contributed by atoms with E-state index in [9.17, 15) is 23.2 Å². The van der Waals surface area contributed by atoms with Gasteiger partial charge in [-0.3, -0.25) is 0 Å². The van der Waals surface area contributed by atoms with E-state index in [0.717, 1.165) is 28.9 Å². The van der Waals surface area contributed by atoms with Crippen LogP contribution in [0.15, 0.2) is 54.6 Å². The number of anilines is 2. The summed E-state index contributed by atoms with van der Waals surface area (Å²) >= 11 is 6.10. The standard InChI is InChI=1S/C27H24ClF3N4O2/c1-26(2,3)37-25(36)34-10-11-35(22-7-5-20(6-8-22)27(29,30)31)23-9-4-17(12-19(23)16-34)18-13-21(15-32)33-24(28)14-18/h4-9,12-14H,10-11,16H2,1-3H3. The summed E-state index contributed by atoms with van der Waals surface area (Å²) in [4.78, 5) is 20.4. The lowest BCUT2D eigenvalue weighted by Gasteiger charge is -2.27. The van der Waals surface area contributed by atoms with Crippen LogP contribution in [0.3, 0.4) is 0 Å². The Morgan fingerprint density at radius 1 is 1.03 bits per heavy atom. The summed E-state index contributed by atoms with van der Waals surface area (Å²) in [6.07, 6.45) is -4.93. The predicted octanol–water partition coefficient (Wildman–Crippen LogP) is 7.18. The normalized spacial score (nSPS) is 14.0. The molecule has 2 heterocycles. The molecule has 0 aliphatic carbocycles. The highest BCUT2D eigenvalue weighted by atomic mass is 35.5. The number of aromatic nitrogens is 1. The average molecular weight is 529 g/mol. The van der Waals surface area contributed by atoms with Gasteiger partial charge in [0.25, 0.3) is 0 Å². The fourth-order valence-electron chi connectivity index (χ4n) is 4.08. The van der Waals surface area contributed by atoms with Gasteiger partial charge in [0.15, 0.2) is 0 Å². The molecule has 0 saturated heterocycles. The van der Waals surface area contributed by atoms with E-state index in [0.29, 0.717) is 24.3 Å². The number of ether oxygens (including phenoxy) is 1. The molecule has 1 aliphatic heterocycles. The summed E-state index contributed by atoms with van der Waals surface area (Å²) < 4.78 is 45.0. The molecular weight excluding hydrogens is 505 g/mol. The van der Waals surface area contributed by atoms with E-state index in [1.165, 1.54) is 12.1 Å². The molecule has 2 aromatic carbocycles. The molecule has 0 saturated carbocycles. The van der Waals surface area contributed by atoms with Crippen LogP contribution in [0.25, 0.3) is 11.1 Å². The summed E-state index contributed by atoms with van der Waals surface area (Å²) in [7, 11) is 0. The third kappa shape index (κ3) is 6.15. The molecule has 1 aliphatic rings. The lowest BCUT2D eigenvalue weighted by atomic mass is 10.0. The number of rotatable bonds is 2. The minimum Gasteiger partial charge on any atom is -0.444 e. The zero-order valence-electron chi connectivity index (χ0n) is 20.4. The monoisotopic (exact) mass is 528 g/mol. The summed E-state index contributed by atoms with van der Waals surface area (Å²) in [6, 6.07) is 15.7. The first-order valence-corrected chi connectivity index (χ1v) is 11.9. The van der Waals surface area contributed by atoms with E-state index >= 15 is 0 Å². The van der Waals surface area contributed by atoms with Crippen LogP contribution in [0.4, 0.5) is 29.3 Å². The van der Waals surface area contributed by atoms with Crippen LogP contribution in [0.2, 0.25) is 5.15 Å². The lowest BCUT2D eigenvalue weighted by Crippen LogP contribution is -2.38. The topological polar surface area (TPSA) is 69.5 Å². The number of fused-ring (bicyclic) bond motifs is 1. The zero-order chi connectivity index (χ0) is 27.0. The molecule has 0 spiro atoms. The number of benzene rings is 2. The van der Waals surface area contributed by atoms with Crippen LogP contribution in [-0.4, -0.2) is 34.7 Å². The molecule has 3 aromatic rings. The van der Waals surface area contributed by atoms with Gasteiger partial charge in [-0.15, -0.1) is 0 Å². The molecule has 0 unspecified atom stereocenters. The Morgan fingerprint density at radius 3 is 2.35 bits per heavy atom. The van der Waals surface area contributed by atoms with Crippen molar-refractivity contribution in [2.24, 2.45) is 0 Å². The number of pyridine rings is 1. The molecule has 0 N–H and O–H groups in total. The van der Waals surface area contributed by atoms with Crippen LogP contribution in [0.5, 0.6) is 0 Å². The highest BCUT2D eigenvalue weighted by molar-refractivity contribution is 6.29. The Kier molecular flexibility index (Phi) is 7.07. The first-order valence-electron chi connectivity index (χ1n) is 11.5. The summed E-state index contributed by atoms with van der Waals surface area (Å²) in [5.74, 6) is 0. The van der Waals surface area contributed by atoms with Crippen LogP contribution < -0.4 is 4.90 Å². The second-order valence-electron chi connectivity index (χ2n) is 9.62. The number of hydrogen-bond donors (Lipinski definition) is 0. The number of alkyl halides is 3. The molecule has 0 bridgehead atoms. The Bertz CT molecular complexity index is 1360. The van der Waals surface area contributed by atoms with Crippen molar-refractivity contribution in [3.8, 4) is 17.2 Å². The van der Waals surface area contributed by atoms with Crippen molar-refractivity contribution < 1.29 is 22.7 Å². The molecule has 0 fully saturated rings. The van der Waals surface area contributed by atoms with Crippen molar-refractivity contribution in [1.29, 1.82) is 5.26 Å². The minimum absolute atomic E-state index is 0.166. The fourth-order valence-corrected chi connectivity index (χ4v) is 4.29. The Labute approximate surface area is 217 Å². The van der Waals surface area contributed by atoms with Gasteiger partial charge in [0, 0.05) is 24.5 Å². The predicted molar refractivity (Wildman–Crippen MR) is 134 cm³/mol. The van der Waals surface area contributed by atoms with Gasteiger partial charge in [-0.1, -0.05) is 17.7 Å². The van der Waals surface area contributed by atoms with Crippen molar-refractivity contribution in [3.05, 3.63) is 76.6 Å². The van der Waals surface area contributed by atoms with Gasteiger partial charge in [0.05, 0.1) is 12.1 Å². The maximum atomic E-state index is 13.1. The largest absolute Gasteiger partial charge is 0.444 e. The number of hydrogen-bond acceptors (Lipinski definition) is 5. The van der Waals surface area contributed by atoms with Gasteiger partial charge in [-0.2, -0.15) is 18.4 Å². The van der Waals surface area contributed by atoms with Crippen LogP contribution >= 0.6 is 11.6 Å². The number of carbonyl (C=O) groups excluding carboxylic acids is 1. The van der Waals surface area contributed by atoms with Crippen molar-refractivity contribution in [1.82, 2.24) is 9.88 Å². The van der Waals surface area contributed by atoms with Gasteiger partial charge in [-0.25, -0.2) is 9.78 Å². The number of amides is 1. The van der Waals surface area contributed by atoms with Crippen LogP contribution in [0.1, 0.15) is 37.6 Å². The van der Waals surface area contributed by atoms with Gasteiger partial charge in [0.2, 0.25) is 0 Å². The molecule has 4 rings (SSSR count). The third-order valence-electron chi connectivity index (χ3n) is 5.72. The van der Waals surface area contributed by atoms with Gasteiger partial charge < -0.3 is 14.5 Å². The first kappa shape index (κ1) is 26.3. The van der Waals surface area contributed by atoms with E-state index < -0.39 is 23.4 Å². The minimum atomic E-state index is -4.44. The Morgan fingerprint density at radius 2 is 1.73 bits per heavy atom. The SMILES string of the molecule is CC(C)(C)OC(=O)N1CCN(c2ccc(C(F)(F)F)cc2)c2ccc(-c3cc(Cl)nc(C#N)c3)cc2C1. The Hall–Kier alpha value is -3.77. The molecule has 192 valence electrons. The van der Waals surface area contributed by atoms with Crippen molar-refractivity contribution in [2.75, 3.05) is 18.0 Å². The lowest BCUT2D eigenvalue weighted by molar-refractivity contribution is -0.137. The smallest absolute Gasteiger partial charge is 0.416 e. The molecule has 1 aromatic heterocycles. The van der Waals surface area contributed by atoms with Gasteiger partial charge in [-0.05, 0) is 86.0 Å². The third-order valence-corrected chi connectivity index (χ3v) is 5.92. The zero-order valence-corrected chi connectivity index (χ0v) is 21.2. The average Bonchev–Trinajstić information content (AvgIpc) is 3.01. The van der Waals surface area contributed by atoms with Crippen molar-refractivity contribution in [3.63, 3.8) is 0 Å². The molecule has 6 nitrogen and oxygen atoms in total. The number of halogens is 4. The van der Waals surface area contributed by atoms with E-state index in [1.807, 2.05) is 29.2 Å². The highest BCUT2D eigenvalue weighted by Gasteiger charge is 2.31. The summed E-state index contributed by atoms with van der Waals surface area (Å²) in [5.41, 5.74) is 2.22. The molecule has 1 amide bonds. The summed E-state index contributed by atoms with van der Waals surface area (Å²) in [6.45, 7) is 6.20. The molecule has 0 radical (unpaired) electrons. The van der Waals surface area contributed by atoms with E-state index in [1.54, 1.807) is 37.8 Å². The number of nitrogens with zero attached hydrogens (tertiary/aromatic N) is 4. The molecule has 10 heteroatoms.